The molecule has 0 aliphatic rings. The molecule has 0 aliphatic carbocycles. The van der Waals surface area contributed by atoms with Crippen LogP contribution in [-0.2, 0) is 14.4 Å². The van der Waals surface area contributed by atoms with Gasteiger partial charge in [0, 0.05) is 51.3 Å². The first-order valence-corrected chi connectivity index (χ1v) is 15.7. The number of hydrogen-bond acceptors (Lipinski definition) is 9. The molecule has 30 heavy (non-hydrogen) atoms. The second-order valence-electron chi connectivity index (χ2n) is 6.39. The monoisotopic (exact) mass is 524 g/mol. The lowest BCUT2D eigenvalue weighted by molar-refractivity contribution is -0.108. The van der Waals surface area contributed by atoms with Crippen LogP contribution in [0.15, 0.2) is 36.5 Å². The second kappa shape index (κ2) is 18.9. The molecule has 170 valence electrons. The minimum absolute atomic E-state index is 0.0642. The van der Waals surface area contributed by atoms with Crippen molar-refractivity contribution in [3.8, 4) is 0 Å². The van der Waals surface area contributed by atoms with Crippen molar-refractivity contribution in [3.63, 3.8) is 0 Å². The van der Waals surface area contributed by atoms with Crippen LogP contribution >= 0.6 is 70.6 Å². The Morgan fingerprint density at radius 2 is 0.933 bits per heavy atom. The quantitative estimate of drug-likeness (QED) is 0.167. The molecule has 9 heteroatoms. The van der Waals surface area contributed by atoms with Crippen molar-refractivity contribution in [1.29, 1.82) is 0 Å². The summed E-state index contributed by atoms with van der Waals surface area (Å²) in [6.45, 7) is 16.3. The summed E-state index contributed by atoms with van der Waals surface area (Å²) in [6, 6.07) is 0. The zero-order valence-electron chi connectivity index (χ0n) is 18.0. The molecule has 0 aromatic heterocycles. The Morgan fingerprint density at radius 3 is 1.27 bits per heavy atom. The zero-order chi connectivity index (χ0) is 22.9. The highest BCUT2D eigenvalue weighted by Crippen LogP contribution is 2.24. The van der Waals surface area contributed by atoms with E-state index < -0.39 is 0 Å². The third-order valence-electron chi connectivity index (χ3n) is 3.24. The van der Waals surface area contributed by atoms with E-state index in [2.05, 4.69) is 19.7 Å². The first kappa shape index (κ1) is 30.3. The summed E-state index contributed by atoms with van der Waals surface area (Å²) in [7, 11) is 0. The van der Waals surface area contributed by atoms with E-state index in [0.29, 0.717) is 22.0 Å². The van der Waals surface area contributed by atoms with Crippen molar-refractivity contribution in [3.05, 3.63) is 36.5 Å². The average molecular weight is 525 g/mol. The van der Waals surface area contributed by atoms with E-state index in [1.54, 1.807) is 20.8 Å². The fourth-order valence-electron chi connectivity index (χ4n) is 1.68. The van der Waals surface area contributed by atoms with Crippen molar-refractivity contribution in [1.82, 2.24) is 0 Å². The SMILES string of the molecule is C=C(C)C(=O)SCCSCC(CSCCSC(=O)C(=C)C)SCCSC(=O)C(=C)C. The van der Waals surface area contributed by atoms with Crippen LogP contribution in [0.2, 0.25) is 0 Å². The molecule has 0 rings (SSSR count). The average Bonchev–Trinajstić information content (AvgIpc) is 2.68. The largest absolute Gasteiger partial charge is 0.282 e. The topological polar surface area (TPSA) is 51.2 Å². The van der Waals surface area contributed by atoms with Crippen molar-refractivity contribution >= 4 is 85.9 Å². The van der Waals surface area contributed by atoms with Crippen LogP contribution in [0.3, 0.4) is 0 Å². The lowest BCUT2D eigenvalue weighted by atomic mass is 10.4. The van der Waals surface area contributed by atoms with Gasteiger partial charge >= 0.3 is 0 Å². The van der Waals surface area contributed by atoms with Gasteiger partial charge in [0.15, 0.2) is 0 Å². The molecule has 0 spiro atoms. The third-order valence-corrected chi connectivity index (χ3v) is 11.0. The molecular weight excluding hydrogens is 493 g/mol. The van der Waals surface area contributed by atoms with Gasteiger partial charge in [0.25, 0.3) is 0 Å². The van der Waals surface area contributed by atoms with Crippen LogP contribution in [-0.4, -0.2) is 66.6 Å². The molecule has 0 saturated heterocycles. The highest BCUT2D eigenvalue weighted by Gasteiger charge is 2.12. The van der Waals surface area contributed by atoms with Crippen LogP contribution in [0.5, 0.6) is 0 Å². The molecule has 0 atom stereocenters. The molecule has 0 amide bonds. The van der Waals surface area contributed by atoms with Crippen LogP contribution < -0.4 is 0 Å². The number of thioether (sulfide) groups is 6. The van der Waals surface area contributed by atoms with E-state index in [0.717, 1.165) is 46.0 Å². The standard InChI is InChI=1S/C21H32O3S6/c1-15(2)19(22)28-9-7-25-13-18(27-11-12-30-21(24)17(5)6)14-26-8-10-29-20(23)16(3)4/h18H,1,3,5,7-14H2,2,4,6H3. The summed E-state index contributed by atoms with van der Waals surface area (Å²) in [6.07, 6.45) is 0. The Labute approximate surface area is 207 Å². The van der Waals surface area contributed by atoms with Gasteiger partial charge in [0.1, 0.15) is 0 Å². The molecule has 0 aromatic rings. The minimum atomic E-state index is 0.0642. The molecule has 0 radical (unpaired) electrons. The van der Waals surface area contributed by atoms with Gasteiger partial charge < -0.3 is 0 Å². The second-order valence-corrected chi connectivity index (χ2v) is 13.3. The van der Waals surface area contributed by atoms with Gasteiger partial charge in [-0.05, 0) is 37.5 Å². The Kier molecular flexibility index (Phi) is 19.1. The first-order valence-electron chi connectivity index (χ1n) is 9.40. The first-order chi connectivity index (χ1) is 14.1. The van der Waals surface area contributed by atoms with E-state index in [1.807, 2.05) is 35.3 Å². The van der Waals surface area contributed by atoms with Gasteiger partial charge in [-0.1, -0.05) is 55.0 Å². The van der Waals surface area contributed by atoms with Gasteiger partial charge in [-0.2, -0.15) is 35.3 Å². The Morgan fingerprint density at radius 1 is 0.600 bits per heavy atom. The molecular formula is C21H32O3S6. The Hall–Kier alpha value is 0.330. The van der Waals surface area contributed by atoms with E-state index >= 15 is 0 Å². The van der Waals surface area contributed by atoms with Crippen LogP contribution in [0, 0.1) is 0 Å². The molecule has 0 saturated carbocycles. The maximum absolute atomic E-state index is 11.7. The van der Waals surface area contributed by atoms with Crippen molar-refractivity contribution in [2.75, 3.05) is 46.0 Å². The van der Waals surface area contributed by atoms with E-state index in [4.69, 9.17) is 0 Å². The predicted molar refractivity (Wildman–Crippen MR) is 148 cm³/mol. The third kappa shape index (κ3) is 17.0. The zero-order valence-corrected chi connectivity index (χ0v) is 22.9. The molecule has 0 bridgehead atoms. The lowest BCUT2D eigenvalue weighted by Crippen LogP contribution is -2.13. The number of carbonyl (C=O) groups excluding carboxylic acids is 3. The summed E-state index contributed by atoms with van der Waals surface area (Å²) in [4.78, 5) is 34.8. The smallest absolute Gasteiger partial charge is 0.214 e. The Balaban J connectivity index is 4.23. The minimum Gasteiger partial charge on any atom is -0.282 e. The summed E-state index contributed by atoms with van der Waals surface area (Å²) in [5.41, 5.74) is 1.79. The maximum Gasteiger partial charge on any atom is 0.214 e. The summed E-state index contributed by atoms with van der Waals surface area (Å²) in [5.74, 6) is 7.17. The molecule has 0 fully saturated rings. The van der Waals surface area contributed by atoms with E-state index in [9.17, 15) is 14.4 Å². The summed E-state index contributed by atoms with van der Waals surface area (Å²) < 4.78 is 0. The van der Waals surface area contributed by atoms with Crippen molar-refractivity contribution in [2.45, 2.75) is 26.0 Å². The molecule has 0 aliphatic heterocycles. The lowest BCUT2D eigenvalue weighted by Gasteiger charge is -2.16. The molecule has 3 nitrogen and oxygen atoms in total. The molecule has 0 aromatic carbocycles. The number of hydrogen-bond donors (Lipinski definition) is 0. The predicted octanol–water partition coefficient (Wildman–Crippen LogP) is 6.06. The van der Waals surface area contributed by atoms with Gasteiger partial charge in [-0.15, -0.1) is 0 Å². The molecule has 0 unspecified atom stereocenters. The molecule has 0 heterocycles. The highest BCUT2D eigenvalue weighted by atomic mass is 32.2. The van der Waals surface area contributed by atoms with E-state index in [1.165, 1.54) is 35.3 Å². The number of carbonyl (C=O) groups is 3. The van der Waals surface area contributed by atoms with Crippen LogP contribution in [0.4, 0.5) is 0 Å². The molecule has 0 N–H and O–H groups in total. The van der Waals surface area contributed by atoms with Gasteiger partial charge in [-0.3, -0.25) is 14.4 Å². The van der Waals surface area contributed by atoms with Gasteiger partial charge in [-0.25, -0.2) is 0 Å². The van der Waals surface area contributed by atoms with E-state index in [-0.39, 0.29) is 15.3 Å². The van der Waals surface area contributed by atoms with Crippen LogP contribution in [0.1, 0.15) is 20.8 Å². The van der Waals surface area contributed by atoms with Crippen LogP contribution in [0.25, 0.3) is 0 Å². The number of rotatable bonds is 17. The summed E-state index contributed by atoms with van der Waals surface area (Å²) >= 11 is 9.61. The normalized spacial score (nSPS) is 10.8. The highest BCUT2D eigenvalue weighted by molar-refractivity contribution is 8.15. The Bertz CT molecular complexity index is 582. The van der Waals surface area contributed by atoms with Gasteiger partial charge in [0.05, 0.1) is 0 Å². The summed E-state index contributed by atoms with van der Waals surface area (Å²) in [5, 5.41) is 0.676. The fraction of sp³-hybridized carbons (Fsp3) is 0.571. The van der Waals surface area contributed by atoms with Crippen molar-refractivity contribution < 1.29 is 14.4 Å². The fourth-order valence-corrected chi connectivity index (χ4v) is 8.23. The van der Waals surface area contributed by atoms with Crippen molar-refractivity contribution in [2.24, 2.45) is 0 Å². The van der Waals surface area contributed by atoms with Gasteiger partial charge in [0.2, 0.25) is 15.3 Å². The maximum atomic E-state index is 11.7.